The molecule has 1 saturated heterocycles. The van der Waals surface area contributed by atoms with Crippen LogP contribution in [0.25, 0.3) is 0 Å². The Bertz CT molecular complexity index is 343. The van der Waals surface area contributed by atoms with Gasteiger partial charge in [0.2, 0.25) is 0 Å². The summed E-state index contributed by atoms with van der Waals surface area (Å²) in [5.41, 5.74) is 3.08. The Hall–Kier alpha value is -0.820. The Balaban J connectivity index is 1.99. The van der Waals surface area contributed by atoms with Crippen molar-refractivity contribution in [3.63, 3.8) is 0 Å². The second-order valence-corrected chi connectivity index (χ2v) is 5.26. The molecule has 0 aliphatic carbocycles. The molecule has 1 aromatic rings. The highest BCUT2D eigenvalue weighted by molar-refractivity contribution is 5.27. The molecule has 1 aromatic carbocycles. The molecule has 2 rings (SSSR count). The van der Waals surface area contributed by atoms with Crippen molar-refractivity contribution in [3.8, 4) is 0 Å². The van der Waals surface area contributed by atoms with Gasteiger partial charge in [0, 0.05) is 19.1 Å². The highest BCUT2D eigenvalue weighted by Gasteiger charge is 2.36. The molecule has 88 valence electrons. The van der Waals surface area contributed by atoms with Gasteiger partial charge in [0.05, 0.1) is 0 Å². The summed E-state index contributed by atoms with van der Waals surface area (Å²) in [4.78, 5) is 2.58. The van der Waals surface area contributed by atoms with Crippen LogP contribution in [0.5, 0.6) is 0 Å². The molecule has 2 unspecified atom stereocenters. The number of benzene rings is 1. The van der Waals surface area contributed by atoms with Gasteiger partial charge < -0.3 is 0 Å². The standard InChI is InChI=1S/C15H23N/c1-4-7-13-8-5-6-9-14(13)10-16-11-15(16)12(2)3/h5-6,8-9,12,15H,4,7,10-11H2,1-3H3. The van der Waals surface area contributed by atoms with Gasteiger partial charge in [-0.2, -0.15) is 0 Å². The Morgan fingerprint density at radius 2 is 1.94 bits per heavy atom. The van der Waals surface area contributed by atoms with Crippen LogP contribution in [0.4, 0.5) is 0 Å². The average Bonchev–Trinajstić information content (AvgIpc) is 3.01. The van der Waals surface area contributed by atoms with E-state index in [1.165, 1.54) is 24.9 Å². The van der Waals surface area contributed by atoms with Crippen LogP contribution in [-0.2, 0) is 13.0 Å². The van der Waals surface area contributed by atoms with Crippen LogP contribution in [0.1, 0.15) is 38.3 Å². The van der Waals surface area contributed by atoms with Gasteiger partial charge >= 0.3 is 0 Å². The number of rotatable bonds is 5. The van der Waals surface area contributed by atoms with Gasteiger partial charge in [-0.25, -0.2) is 0 Å². The predicted molar refractivity (Wildman–Crippen MR) is 69.5 cm³/mol. The van der Waals surface area contributed by atoms with Crippen molar-refractivity contribution in [2.45, 2.75) is 46.2 Å². The van der Waals surface area contributed by atoms with E-state index in [2.05, 4.69) is 49.9 Å². The van der Waals surface area contributed by atoms with Crippen molar-refractivity contribution in [2.24, 2.45) is 5.92 Å². The van der Waals surface area contributed by atoms with Crippen LogP contribution in [0, 0.1) is 5.92 Å². The van der Waals surface area contributed by atoms with Crippen LogP contribution in [0.2, 0.25) is 0 Å². The van der Waals surface area contributed by atoms with Gasteiger partial charge in [0.25, 0.3) is 0 Å². The number of hydrogen-bond donors (Lipinski definition) is 0. The summed E-state index contributed by atoms with van der Waals surface area (Å²) in [5.74, 6) is 0.804. The molecule has 0 bridgehead atoms. The van der Waals surface area contributed by atoms with Crippen molar-refractivity contribution < 1.29 is 0 Å². The SMILES string of the molecule is CCCc1ccccc1CN1CC1C(C)C. The fourth-order valence-electron chi connectivity index (χ4n) is 2.45. The lowest BCUT2D eigenvalue weighted by atomic mass is 10.0. The third-order valence-corrected chi connectivity index (χ3v) is 3.54. The number of hydrogen-bond acceptors (Lipinski definition) is 1. The van der Waals surface area contributed by atoms with E-state index in [4.69, 9.17) is 0 Å². The lowest BCUT2D eigenvalue weighted by Gasteiger charge is -2.10. The number of aryl methyl sites for hydroxylation is 1. The van der Waals surface area contributed by atoms with E-state index in [0.29, 0.717) is 0 Å². The molecule has 1 heterocycles. The van der Waals surface area contributed by atoms with Gasteiger partial charge in [-0.1, -0.05) is 51.5 Å². The van der Waals surface area contributed by atoms with E-state index in [-0.39, 0.29) is 0 Å². The smallest absolute Gasteiger partial charge is 0.0250 e. The van der Waals surface area contributed by atoms with E-state index in [9.17, 15) is 0 Å². The molecule has 1 aliphatic rings. The topological polar surface area (TPSA) is 3.01 Å². The minimum absolute atomic E-state index is 0.804. The molecule has 1 aliphatic heterocycles. The first-order valence-corrected chi connectivity index (χ1v) is 6.53. The summed E-state index contributed by atoms with van der Waals surface area (Å²) in [7, 11) is 0. The lowest BCUT2D eigenvalue weighted by Crippen LogP contribution is -2.08. The molecule has 0 radical (unpaired) electrons. The number of nitrogens with zero attached hydrogens (tertiary/aromatic N) is 1. The Morgan fingerprint density at radius 1 is 1.25 bits per heavy atom. The lowest BCUT2D eigenvalue weighted by molar-refractivity contribution is 0.439. The second-order valence-electron chi connectivity index (χ2n) is 5.26. The first kappa shape index (κ1) is 11.7. The van der Waals surface area contributed by atoms with Gasteiger partial charge in [-0.05, 0) is 23.5 Å². The molecule has 2 atom stereocenters. The van der Waals surface area contributed by atoms with Crippen LogP contribution >= 0.6 is 0 Å². The van der Waals surface area contributed by atoms with Crippen molar-refractivity contribution in [1.29, 1.82) is 0 Å². The van der Waals surface area contributed by atoms with Gasteiger partial charge in [-0.15, -0.1) is 0 Å². The first-order chi connectivity index (χ1) is 7.72. The molecule has 0 aromatic heterocycles. The molecule has 0 N–H and O–H groups in total. The maximum Gasteiger partial charge on any atom is 0.0250 e. The van der Waals surface area contributed by atoms with E-state index >= 15 is 0 Å². The van der Waals surface area contributed by atoms with Gasteiger partial charge in [0.1, 0.15) is 0 Å². The maximum atomic E-state index is 2.58. The normalized spacial score (nSPS) is 23.8. The van der Waals surface area contributed by atoms with Gasteiger partial charge in [0.15, 0.2) is 0 Å². The molecule has 1 heteroatoms. The first-order valence-electron chi connectivity index (χ1n) is 6.53. The summed E-state index contributed by atoms with van der Waals surface area (Å²) in [6.45, 7) is 9.34. The molecular weight excluding hydrogens is 194 g/mol. The van der Waals surface area contributed by atoms with E-state index in [0.717, 1.165) is 18.5 Å². The quantitative estimate of drug-likeness (QED) is 0.682. The Labute approximate surface area is 99.5 Å². The molecular formula is C15H23N. The highest BCUT2D eigenvalue weighted by Crippen LogP contribution is 2.28. The van der Waals surface area contributed by atoms with Crippen molar-refractivity contribution in [1.82, 2.24) is 4.90 Å². The van der Waals surface area contributed by atoms with Crippen molar-refractivity contribution >= 4 is 0 Å². The average molecular weight is 217 g/mol. The molecule has 1 fully saturated rings. The summed E-state index contributed by atoms with van der Waals surface area (Å²) in [6, 6.07) is 9.74. The second kappa shape index (κ2) is 5.01. The van der Waals surface area contributed by atoms with Crippen molar-refractivity contribution in [3.05, 3.63) is 35.4 Å². The van der Waals surface area contributed by atoms with Crippen LogP contribution in [0.3, 0.4) is 0 Å². The molecule has 0 spiro atoms. The zero-order chi connectivity index (χ0) is 11.5. The molecule has 1 nitrogen and oxygen atoms in total. The summed E-state index contributed by atoms with van der Waals surface area (Å²) < 4.78 is 0. The zero-order valence-corrected chi connectivity index (χ0v) is 10.7. The predicted octanol–water partition coefficient (Wildman–Crippen LogP) is 3.48. The summed E-state index contributed by atoms with van der Waals surface area (Å²) >= 11 is 0. The van der Waals surface area contributed by atoms with E-state index in [1.54, 1.807) is 5.56 Å². The van der Waals surface area contributed by atoms with Crippen molar-refractivity contribution in [2.75, 3.05) is 6.54 Å². The third-order valence-electron chi connectivity index (χ3n) is 3.54. The van der Waals surface area contributed by atoms with Crippen LogP contribution in [0.15, 0.2) is 24.3 Å². The van der Waals surface area contributed by atoms with E-state index in [1.807, 2.05) is 0 Å². The molecule has 0 saturated carbocycles. The minimum atomic E-state index is 0.804. The molecule has 0 amide bonds. The largest absolute Gasteiger partial charge is 0.293 e. The van der Waals surface area contributed by atoms with E-state index < -0.39 is 0 Å². The zero-order valence-electron chi connectivity index (χ0n) is 10.7. The summed E-state index contributed by atoms with van der Waals surface area (Å²) in [6.07, 6.45) is 2.46. The fraction of sp³-hybridized carbons (Fsp3) is 0.600. The third kappa shape index (κ3) is 2.65. The summed E-state index contributed by atoms with van der Waals surface area (Å²) in [5, 5.41) is 0. The maximum absolute atomic E-state index is 2.58. The highest BCUT2D eigenvalue weighted by atomic mass is 15.3. The minimum Gasteiger partial charge on any atom is -0.293 e. The monoisotopic (exact) mass is 217 g/mol. The Morgan fingerprint density at radius 3 is 2.50 bits per heavy atom. The Kier molecular flexibility index (Phi) is 3.65. The molecule has 16 heavy (non-hydrogen) atoms. The van der Waals surface area contributed by atoms with Crippen LogP contribution in [-0.4, -0.2) is 17.5 Å². The fourth-order valence-corrected chi connectivity index (χ4v) is 2.45. The van der Waals surface area contributed by atoms with Crippen LogP contribution < -0.4 is 0 Å². The van der Waals surface area contributed by atoms with Gasteiger partial charge in [-0.3, -0.25) is 4.90 Å².